The van der Waals surface area contributed by atoms with Crippen molar-refractivity contribution >= 4 is 46.9 Å². The molecular formula is C19H24ClN3OS. The van der Waals surface area contributed by atoms with Crippen LogP contribution in [0.15, 0.2) is 35.7 Å². The summed E-state index contributed by atoms with van der Waals surface area (Å²) in [6, 6.07) is 10.1. The monoisotopic (exact) mass is 377 g/mol. The average Bonchev–Trinajstić information content (AvgIpc) is 3.07. The van der Waals surface area contributed by atoms with Gasteiger partial charge in [0.05, 0.1) is 5.69 Å². The molecule has 2 N–H and O–H groups in total. The molecule has 0 spiro atoms. The van der Waals surface area contributed by atoms with E-state index in [2.05, 4.69) is 15.6 Å². The van der Waals surface area contributed by atoms with E-state index in [1.807, 2.05) is 47.9 Å². The number of carbonyl (C=O) groups excluding carboxylic acids is 1. The molecule has 1 fully saturated rings. The van der Waals surface area contributed by atoms with Crippen LogP contribution in [0.2, 0.25) is 0 Å². The first-order valence-electron chi connectivity index (χ1n) is 8.49. The van der Waals surface area contributed by atoms with E-state index in [1.54, 1.807) is 0 Å². The first-order chi connectivity index (χ1) is 11.8. The van der Waals surface area contributed by atoms with Crippen LogP contribution in [0.4, 0.5) is 5.13 Å². The van der Waals surface area contributed by atoms with Gasteiger partial charge in [0, 0.05) is 11.8 Å². The topological polar surface area (TPSA) is 54.0 Å². The largest absolute Gasteiger partial charge is 0.317 e. The molecule has 0 unspecified atom stereocenters. The fourth-order valence-electron chi connectivity index (χ4n) is 2.85. The van der Waals surface area contributed by atoms with Crippen LogP contribution in [0.5, 0.6) is 0 Å². The van der Waals surface area contributed by atoms with Crippen molar-refractivity contribution in [1.29, 1.82) is 0 Å². The summed E-state index contributed by atoms with van der Waals surface area (Å²) in [7, 11) is 0. The Morgan fingerprint density at radius 3 is 2.76 bits per heavy atom. The molecule has 25 heavy (non-hydrogen) atoms. The SMILES string of the molecule is Cl.O=C(CCC1CCNCC1)Nc1nc(/C=C/c2ccccc2)cs1. The van der Waals surface area contributed by atoms with E-state index >= 15 is 0 Å². The lowest BCUT2D eigenvalue weighted by Crippen LogP contribution is -2.28. The molecule has 1 saturated heterocycles. The minimum absolute atomic E-state index is 0. The number of halogens is 1. The van der Waals surface area contributed by atoms with E-state index in [4.69, 9.17) is 0 Å². The van der Waals surface area contributed by atoms with Crippen molar-refractivity contribution in [2.75, 3.05) is 18.4 Å². The first-order valence-corrected chi connectivity index (χ1v) is 9.37. The fraction of sp³-hybridized carbons (Fsp3) is 0.368. The van der Waals surface area contributed by atoms with E-state index in [0.717, 1.165) is 30.8 Å². The zero-order valence-electron chi connectivity index (χ0n) is 14.1. The number of anilines is 1. The van der Waals surface area contributed by atoms with Gasteiger partial charge in [-0.2, -0.15) is 0 Å². The lowest BCUT2D eigenvalue weighted by Gasteiger charge is -2.21. The molecule has 1 aliphatic heterocycles. The van der Waals surface area contributed by atoms with Gasteiger partial charge in [0.1, 0.15) is 0 Å². The summed E-state index contributed by atoms with van der Waals surface area (Å²) in [6.07, 6.45) is 7.91. The molecule has 1 aromatic heterocycles. The van der Waals surface area contributed by atoms with Crippen molar-refractivity contribution in [3.05, 3.63) is 47.0 Å². The van der Waals surface area contributed by atoms with E-state index in [-0.39, 0.29) is 18.3 Å². The first kappa shape index (κ1) is 19.6. The second-order valence-electron chi connectivity index (χ2n) is 6.10. The van der Waals surface area contributed by atoms with Crippen LogP contribution < -0.4 is 10.6 Å². The molecule has 3 rings (SSSR count). The molecule has 1 aliphatic rings. The number of hydrogen-bond donors (Lipinski definition) is 2. The molecule has 1 amide bonds. The molecule has 134 valence electrons. The second-order valence-corrected chi connectivity index (χ2v) is 6.96. The van der Waals surface area contributed by atoms with Gasteiger partial charge in [-0.3, -0.25) is 4.79 Å². The van der Waals surface area contributed by atoms with Gasteiger partial charge in [-0.25, -0.2) is 4.98 Å². The maximum Gasteiger partial charge on any atom is 0.226 e. The number of carbonyl (C=O) groups is 1. The Balaban J connectivity index is 0.00000225. The molecule has 1 aromatic carbocycles. The smallest absolute Gasteiger partial charge is 0.226 e. The van der Waals surface area contributed by atoms with Gasteiger partial charge in [-0.15, -0.1) is 23.7 Å². The van der Waals surface area contributed by atoms with Crippen molar-refractivity contribution < 1.29 is 4.79 Å². The lowest BCUT2D eigenvalue weighted by molar-refractivity contribution is -0.116. The third-order valence-electron chi connectivity index (χ3n) is 4.25. The third kappa shape index (κ3) is 6.61. The summed E-state index contributed by atoms with van der Waals surface area (Å²) in [5.74, 6) is 0.749. The third-order valence-corrected chi connectivity index (χ3v) is 5.03. The number of hydrogen-bond acceptors (Lipinski definition) is 4. The summed E-state index contributed by atoms with van der Waals surface area (Å²) in [5.41, 5.74) is 2.01. The molecule has 0 saturated carbocycles. The van der Waals surface area contributed by atoms with Gasteiger partial charge < -0.3 is 10.6 Å². The highest BCUT2D eigenvalue weighted by molar-refractivity contribution is 7.14. The maximum absolute atomic E-state index is 12.1. The van der Waals surface area contributed by atoms with Gasteiger partial charge in [0.25, 0.3) is 0 Å². The number of aromatic nitrogens is 1. The van der Waals surface area contributed by atoms with E-state index in [0.29, 0.717) is 17.5 Å². The number of piperidine rings is 1. The Labute approximate surface area is 159 Å². The summed E-state index contributed by atoms with van der Waals surface area (Å²) in [6.45, 7) is 2.16. The van der Waals surface area contributed by atoms with E-state index < -0.39 is 0 Å². The molecule has 6 heteroatoms. The van der Waals surface area contributed by atoms with Crippen LogP contribution in [0, 0.1) is 5.92 Å². The zero-order chi connectivity index (χ0) is 16.6. The highest BCUT2D eigenvalue weighted by Crippen LogP contribution is 2.20. The number of rotatable bonds is 6. The molecule has 2 aromatic rings. The minimum Gasteiger partial charge on any atom is -0.317 e. The molecule has 0 aliphatic carbocycles. The van der Waals surface area contributed by atoms with Crippen LogP contribution in [0.3, 0.4) is 0 Å². The highest BCUT2D eigenvalue weighted by atomic mass is 35.5. The van der Waals surface area contributed by atoms with Crippen molar-refractivity contribution in [1.82, 2.24) is 10.3 Å². The summed E-state index contributed by atoms with van der Waals surface area (Å²) in [5, 5.41) is 8.91. The van der Waals surface area contributed by atoms with Gasteiger partial charge >= 0.3 is 0 Å². The number of thiazole rings is 1. The van der Waals surface area contributed by atoms with Gasteiger partial charge in [-0.1, -0.05) is 36.4 Å². The van der Waals surface area contributed by atoms with Crippen LogP contribution in [0.25, 0.3) is 12.2 Å². The Bertz CT molecular complexity index is 681. The van der Waals surface area contributed by atoms with E-state index in [9.17, 15) is 4.79 Å². The summed E-state index contributed by atoms with van der Waals surface area (Å²) >= 11 is 1.47. The van der Waals surface area contributed by atoms with Crippen molar-refractivity contribution in [3.63, 3.8) is 0 Å². The standard InChI is InChI=1S/C19H23N3OS.ClH/c23-18(9-7-16-10-12-20-13-11-16)22-19-21-17(14-24-19)8-6-15-4-2-1-3-5-15;/h1-6,8,14,16,20H,7,9-13H2,(H,21,22,23);1H/b8-6+;. The molecular weight excluding hydrogens is 354 g/mol. The van der Waals surface area contributed by atoms with Crippen molar-refractivity contribution in [2.45, 2.75) is 25.7 Å². The van der Waals surface area contributed by atoms with E-state index in [1.165, 1.54) is 24.2 Å². The lowest BCUT2D eigenvalue weighted by atomic mass is 9.93. The molecule has 2 heterocycles. The number of benzene rings is 1. The predicted molar refractivity (Wildman–Crippen MR) is 108 cm³/mol. The molecule has 0 atom stereocenters. The summed E-state index contributed by atoms with van der Waals surface area (Å²) in [4.78, 5) is 16.5. The molecule has 0 bridgehead atoms. The van der Waals surface area contributed by atoms with Gasteiger partial charge in [0.2, 0.25) is 5.91 Å². The van der Waals surface area contributed by atoms with Crippen molar-refractivity contribution in [3.8, 4) is 0 Å². The van der Waals surface area contributed by atoms with Gasteiger partial charge in [-0.05, 0) is 49.9 Å². The normalized spacial score (nSPS) is 15.0. The van der Waals surface area contributed by atoms with Crippen LogP contribution in [0.1, 0.15) is 36.9 Å². The van der Waals surface area contributed by atoms with Crippen LogP contribution in [-0.4, -0.2) is 24.0 Å². The highest BCUT2D eigenvalue weighted by Gasteiger charge is 2.15. The van der Waals surface area contributed by atoms with Crippen molar-refractivity contribution in [2.24, 2.45) is 5.92 Å². The summed E-state index contributed by atoms with van der Waals surface area (Å²) < 4.78 is 0. The quantitative estimate of drug-likeness (QED) is 0.781. The minimum atomic E-state index is 0. The second kappa shape index (κ2) is 10.3. The number of nitrogens with zero attached hydrogens (tertiary/aromatic N) is 1. The molecule has 0 radical (unpaired) electrons. The predicted octanol–water partition coefficient (Wildman–Crippen LogP) is 4.45. The Morgan fingerprint density at radius 2 is 2.00 bits per heavy atom. The Morgan fingerprint density at radius 1 is 1.24 bits per heavy atom. The number of nitrogens with one attached hydrogen (secondary N) is 2. The van der Waals surface area contributed by atoms with Crippen LogP contribution >= 0.6 is 23.7 Å². The number of amides is 1. The molecule has 4 nitrogen and oxygen atoms in total. The zero-order valence-corrected chi connectivity index (χ0v) is 15.7. The van der Waals surface area contributed by atoms with Crippen LogP contribution in [-0.2, 0) is 4.79 Å². The maximum atomic E-state index is 12.1. The Kier molecular flexibility index (Phi) is 8.12. The fourth-order valence-corrected chi connectivity index (χ4v) is 3.55. The average molecular weight is 378 g/mol. The Hall–Kier alpha value is -1.69. The van der Waals surface area contributed by atoms with Gasteiger partial charge in [0.15, 0.2) is 5.13 Å².